The molecule has 3 rings (SSSR count). The van der Waals surface area contributed by atoms with E-state index in [0.717, 1.165) is 12.0 Å². The second-order valence-electron chi connectivity index (χ2n) is 7.21. The fraction of sp³-hybridized carbons (Fsp3) is 0.273. The van der Waals surface area contributed by atoms with Crippen LogP contribution in [-0.2, 0) is 6.42 Å². The van der Waals surface area contributed by atoms with Crippen LogP contribution in [0.3, 0.4) is 0 Å². The van der Waals surface area contributed by atoms with E-state index < -0.39 is 4.92 Å². The van der Waals surface area contributed by atoms with Crippen LogP contribution in [0.1, 0.15) is 34.6 Å². The normalized spacial score (nSPS) is 12.0. The van der Waals surface area contributed by atoms with Gasteiger partial charge in [0.05, 0.1) is 16.7 Å². The summed E-state index contributed by atoms with van der Waals surface area (Å²) in [5, 5.41) is 18.2. The number of carbonyl (C=O) groups excluding carboxylic acids is 1. The zero-order valence-electron chi connectivity index (χ0n) is 17.3. The van der Waals surface area contributed by atoms with Gasteiger partial charge < -0.3 is 10.2 Å². The van der Waals surface area contributed by atoms with E-state index in [9.17, 15) is 14.9 Å². The molecular formula is C22H25N5O3. The van der Waals surface area contributed by atoms with E-state index in [1.807, 2.05) is 14.1 Å². The molecule has 0 aliphatic carbocycles. The Hall–Kier alpha value is -3.52. The molecule has 8 heteroatoms. The van der Waals surface area contributed by atoms with Crippen molar-refractivity contribution in [2.75, 3.05) is 20.6 Å². The number of nitrogens with zero attached hydrogens (tertiary/aromatic N) is 4. The maximum Gasteiger partial charge on any atom is 0.271 e. The van der Waals surface area contributed by atoms with E-state index in [1.165, 1.54) is 22.4 Å². The highest BCUT2D eigenvalue weighted by atomic mass is 16.6. The summed E-state index contributed by atoms with van der Waals surface area (Å²) in [5.41, 5.74) is 3.13. The molecule has 0 radical (unpaired) electrons. The largest absolute Gasteiger partial charge is 0.349 e. The fourth-order valence-electron chi connectivity index (χ4n) is 3.19. The number of aromatic nitrogens is 2. The number of aryl methyl sites for hydroxylation is 1. The molecule has 3 aromatic rings. The number of hydrogen-bond acceptors (Lipinski definition) is 5. The second-order valence-corrected chi connectivity index (χ2v) is 7.21. The summed E-state index contributed by atoms with van der Waals surface area (Å²) in [6, 6.07) is 16.1. The minimum absolute atomic E-state index is 0.0266. The average Bonchev–Trinajstić information content (AvgIpc) is 3.24. The molecule has 1 atom stereocenters. The Kier molecular flexibility index (Phi) is 6.58. The van der Waals surface area contributed by atoms with E-state index in [4.69, 9.17) is 0 Å². The van der Waals surface area contributed by atoms with Gasteiger partial charge in [-0.15, -0.1) is 0 Å². The molecule has 0 bridgehead atoms. The smallest absolute Gasteiger partial charge is 0.271 e. The summed E-state index contributed by atoms with van der Waals surface area (Å²) < 4.78 is 1.45. The van der Waals surface area contributed by atoms with Gasteiger partial charge >= 0.3 is 0 Å². The van der Waals surface area contributed by atoms with Crippen molar-refractivity contribution in [1.82, 2.24) is 20.0 Å². The summed E-state index contributed by atoms with van der Waals surface area (Å²) in [6.45, 7) is 2.55. The lowest BCUT2D eigenvalue weighted by atomic mass is 10.0. The van der Waals surface area contributed by atoms with Crippen LogP contribution >= 0.6 is 0 Å². The highest BCUT2D eigenvalue weighted by Crippen LogP contribution is 2.19. The van der Waals surface area contributed by atoms with Crippen LogP contribution in [0.4, 0.5) is 5.69 Å². The highest BCUT2D eigenvalue weighted by molar-refractivity contribution is 5.92. The van der Waals surface area contributed by atoms with Gasteiger partial charge in [0.25, 0.3) is 11.6 Å². The minimum Gasteiger partial charge on any atom is -0.349 e. The Morgan fingerprint density at radius 1 is 1.20 bits per heavy atom. The van der Waals surface area contributed by atoms with E-state index in [0.29, 0.717) is 12.2 Å². The number of amides is 1. The van der Waals surface area contributed by atoms with Gasteiger partial charge in [0.2, 0.25) is 0 Å². The third-order valence-corrected chi connectivity index (χ3v) is 4.98. The predicted octanol–water partition coefficient (Wildman–Crippen LogP) is 3.38. The van der Waals surface area contributed by atoms with Crippen LogP contribution in [0.25, 0.3) is 5.69 Å². The Labute approximate surface area is 175 Å². The predicted molar refractivity (Wildman–Crippen MR) is 115 cm³/mol. The molecule has 0 fully saturated rings. The number of hydrogen-bond donors (Lipinski definition) is 1. The first kappa shape index (κ1) is 21.2. The average molecular weight is 407 g/mol. The number of nitro groups is 1. The van der Waals surface area contributed by atoms with Crippen molar-refractivity contribution in [2.45, 2.75) is 19.4 Å². The standard InChI is InChI=1S/C22H25N5O3/c1-4-16-8-10-17(11-9-16)21(25(2)3)15-23-22(28)20-12-13-26(24-20)18-6-5-7-19(14-18)27(29)30/h5-14,21H,4,15H2,1-3H3,(H,23,28). The zero-order chi connectivity index (χ0) is 21.7. The molecule has 1 heterocycles. The van der Waals surface area contributed by atoms with Gasteiger partial charge in [-0.1, -0.05) is 37.3 Å². The summed E-state index contributed by atoms with van der Waals surface area (Å²) in [6.07, 6.45) is 2.59. The van der Waals surface area contributed by atoms with Crippen molar-refractivity contribution in [3.8, 4) is 5.69 Å². The topological polar surface area (TPSA) is 93.3 Å². The van der Waals surface area contributed by atoms with Crippen molar-refractivity contribution >= 4 is 11.6 Å². The van der Waals surface area contributed by atoms with Crippen LogP contribution < -0.4 is 5.32 Å². The first-order chi connectivity index (χ1) is 14.4. The van der Waals surface area contributed by atoms with Crippen molar-refractivity contribution in [2.24, 2.45) is 0 Å². The van der Waals surface area contributed by atoms with Gasteiger partial charge in [-0.25, -0.2) is 4.68 Å². The van der Waals surface area contributed by atoms with E-state index in [2.05, 4.69) is 46.5 Å². The molecule has 2 aromatic carbocycles. The molecule has 156 valence electrons. The summed E-state index contributed by atoms with van der Waals surface area (Å²) in [7, 11) is 3.95. The number of rotatable bonds is 8. The lowest BCUT2D eigenvalue weighted by Crippen LogP contribution is -2.34. The molecule has 0 aliphatic heterocycles. The van der Waals surface area contributed by atoms with E-state index in [-0.39, 0.29) is 23.3 Å². The summed E-state index contributed by atoms with van der Waals surface area (Å²) in [5.74, 6) is -0.295. The fourth-order valence-corrected chi connectivity index (χ4v) is 3.19. The summed E-state index contributed by atoms with van der Waals surface area (Å²) >= 11 is 0. The number of carbonyl (C=O) groups is 1. The SMILES string of the molecule is CCc1ccc(C(CNC(=O)c2ccn(-c3cccc([N+](=O)[O-])c3)n2)N(C)C)cc1. The zero-order valence-corrected chi connectivity index (χ0v) is 17.3. The van der Waals surface area contributed by atoms with Crippen molar-refractivity contribution in [3.63, 3.8) is 0 Å². The molecule has 30 heavy (non-hydrogen) atoms. The van der Waals surface area contributed by atoms with Gasteiger partial charge in [0.1, 0.15) is 0 Å². The van der Waals surface area contributed by atoms with Crippen molar-refractivity contribution in [1.29, 1.82) is 0 Å². The number of nitro benzene ring substituents is 1. The van der Waals surface area contributed by atoms with Crippen LogP contribution in [-0.4, -0.2) is 46.2 Å². The van der Waals surface area contributed by atoms with Crippen LogP contribution in [0.5, 0.6) is 0 Å². The van der Waals surface area contributed by atoms with Gasteiger partial charge in [-0.3, -0.25) is 14.9 Å². The quantitative estimate of drug-likeness (QED) is 0.456. The minimum atomic E-state index is -0.463. The number of benzene rings is 2. The van der Waals surface area contributed by atoms with Crippen LogP contribution in [0.15, 0.2) is 60.8 Å². The van der Waals surface area contributed by atoms with Gasteiger partial charge in [-0.05, 0) is 43.8 Å². The maximum absolute atomic E-state index is 12.6. The van der Waals surface area contributed by atoms with Crippen LogP contribution in [0, 0.1) is 10.1 Å². The first-order valence-electron chi connectivity index (χ1n) is 9.73. The highest BCUT2D eigenvalue weighted by Gasteiger charge is 2.17. The van der Waals surface area contributed by atoms with Crippen LogP contribution in [0.2, 0.25) is 0 Å². The molecule has 1 amide bonds. The molecule has 0 spiro atoms. The Morgan fingerprint density at radius 2 is 1.93 bits per heavy atom. The molecule has 0 aliphatic rings. The third-order valence-electron chi connectivity index (χ3n) is 4.98. The first-order valence-corrected chi connectivity index (χ1v) is 9.73. The van der Waals surface area contributed by atoms with Gasteiger partial charge in [0, 0.05) is 24.9 Å². The Morgan fingerprint density at radius 3 is 2.57 bits per heavy atom. The number of non-ortho nitro benzene ring substituents is 1. The van der Waals surface area contributed by atoms with E-state index in [1.54, 1.807) is 24.4 Å². The molecule has 1 aromatic heterocycles. The van der Waals surface area contributed by atoms with Crippen molar-refractivity contribution in [3.05, 3.63) is 87.7 Å². The second kappa shape index (κ2) is 9.32. The monoisotopic (exact) mass is 407 g/mol. The maximum atomic E-state index is 12.6. The van der Waals surface area contributed by atoms with Crippen molar-refractivity contribution < 1.29 is 9.72 Å². The number of nitrogens with one attached hydrogen (secondary N) is 1. The van der Waals surface area contributed by atoms with Gasteiger partial charge in [0.15, 0.2) is 5.69 Å². The molecule has 1 N–H and O–H groups in total. The van der Waals surface area contributed by atoms with E-state index >= 15 is 0 Å². The molecular weight excluding hydrogens is 382 g/mol. The summed E-state index contributed by atoms with van der Waals surface area (Å²) in [4.78, 5) is 25.2. The molecule has 1 unspecified atom stereocenters. The lowest BCUT2D eigenvalue weighted by Gasteiger charge is -2.25. The molecule has 0 saturated carbocycles. The Balaban J connectivity index is 1.69. The lowest BCUT2D eigenvalue weighted by molar-refractivity contribution is -0.384. The third kappa shape index (κ3) is 4.90. The van der Waals surface area contributed by atoms with Gasteiger partial charge in [-0.2, -0.15) is 5.10 Å². The molecule has 0 saturated heterocycles. The molecule has 8 nitrogen and oxygen atoms in total. The Bertz CT molecular complexity index is 1030. The number of likely N-dealkylation sites (N-methyl/N-ethyl adjacent to an activating group) is 1.